The number of anilines is 1. The van der Waals surface area contributed by atoms with Gasteiger partial charge < -0.3 is 30.4 Å². The third-order valence-electron chi connectivity index (χ3n) is 3.91. The van der Waals surface area contributed by atoms with Crippen molar-refractivity contribution in [1.82, 2.24) is 0 Å². The number of carbonyl (C=O) groups is 1. The molecular weight excluding hydrogens is 372 g/mol. The molecule has 0 unspecified atom stereocenters. The number of amides is 1. The first kappa shape index (κ1) is 17.3. The summed E-state index contributed by atoms with van der Waals surface area (Å²) in [4.78, 5) is 12.8. The SMILES string of the molecule is O=C1Nc2ccccc2Oc2cc([NH+]([O-])[O-])cc(Oc3cccc(Cl)c3)c21. The molecular formula is C19H12ClN2O5-. The predicted molar refractivity (Wildman–Crippen MR) is 99.8 cm³/mol. The summed E-state index contributed by atoms with van der Waals surface area (Å²) in [6.07, 6.45) is 0. The van der Waals surface area contributed by atoms with Crippen molar-refractivity contribution in [3.63, 3.8) is 0 Å². The molecule has 3 aromatic rings. The van der Waals surface area contributed by atoms with E-state index >= 15 is 0 Å². The van der Waals surface area contributed by atoms with E-state index in [-0.39, 0.29) is 22.7 Å². The smallest absolute Gasteiger partial charge is 0.263 e. The maximum absolute atomic E-state index is 12.8. The van der Waals surface area contributed by atoms with Gasteiger partial charge in [0, 0.05) is 17.2 Å². The van der Waals surface area contributed by atoms with Crippen molar-refractivity contribution >= 4 is 28.9 Å². The lowest BCUT2D eigenvalue weighted by molar-refractivity contribution is -0.715. The van der Waals surface area contributed by atoms with Crippen LogP contribution in [0.5, 0.6) is 23.0 Å². The molecule has 1 heterocycles. The lowest BCUT2D eigenvalue weighted by atomic mass is 10.1. The zero-order valence-electron chi connectivity index (χ0n) is 13.7. The Labute approximate surface area is 158 Å². The average molecular weight is 384 g/mol. The summed E-state index contributed by atoms with van der Waals surface area (Å²) in [5.41, 5.74) is 0.344. The largest absolute Gasteiger partial charge is 0.628 e. The third kappa shape index (κ3) is 3.44. The second kappa shape index (κ2) is 6.90. The van der Waals surface area contributed by atoms with Crippen molar-refractivity contribution in [2.24, 2.45) is 0 Å². The highest BCUT2D eigenvalue weighted by molar-refractivity contribution is 6.30. The van der Waals surface area contributed by atoms with Gasteiger partial charge in [-0.15, -0.1) is 0 Å². The van der Waals surface area contributed by atoms with E-state index in [9.17, 15) is 15.2 Å². The minimum Gasteiger partial charge on any atom is -0.628 e. The van der Waals surface area contributed by atoms with Gasteiger partial charge in [0.15, 0.2) is 5.75 Å². The molecule has 0 bridgehead atoms. The number of hydrogen-bond donors (Lipinski definition) is 2. The summed E-state index contributed by atoms with van der Waals surface area (Å²) in [7, 11) is 0. The Morgan fingerprint density at radius 1 is 1.00 bits per heavy atom. The van der Waals surface area contributed by atoms with Gasteiger partial charge >= 0.3 is 0 Å². The Kier molecular flexibility index (Phi) is 4.43. The molecule has 8 heteroatoms. The standard InChI is InChI=1S/C19H12ClN2O5/c20-11-4-3-5-13(8-11)26-16-9-12(22(24)25)10-17-18(16)19(23)21-14-6-1-2-7-15(14)27-17/h1-10,22H,(H,21,23)/q-1. The van der Waals surface area contributed by atoms with Crippen LogP contribution >= 0.6 is 11.6 Å². The fourth-order valence-corrected chi connectivity index (χ4v) is 2.89. The van der Waals surface area contributed by atoms with Crippen molar-refractivity contribution < 1.29 is 19.5 Å². The zero-order chi connectivity index (χ0) is 19.0. The molecule has 1 aliphatic heterocycles. The van der Waals surface area contributed by atoms with Gasteiger partial charge in [-0.05, 0) is 30.3 Å². The van der Waals surface area contributed by atoms with Gasteiger partial charge in [0.25, 0.3) is 5.91 Å². The normalized spacial score (nSPS) is 12.5. The number of para-hydroxylation sites is 2. The number of halogens is 1. The third-order valence-corrected chi connectivity index (χ3v) is 4.14. The number of ether oxygens (including phenoxy) is 2. The van der Waals surface area contributed by atoms with Crippen molar-refractivity contribution in [2.75, 3.05) is 5.32 Å². The second-order valence-corrected chi connectivity index (χ2v) is 6.18. The molecule has 1 amide bonds. The molecule has 3 aromatic carbocycles. The summed E-state index contributed by atoms with van der Waals surface area (Å²) >= 11 is 5.96. The topological polar surface area (TPSA) is 98.1 Å². The Morgan fingerprint density at radius 3 is 2.59 bits per heavy atom. The van der Waals surface area contributed by atoms with Gasteiger partial charge in [-0.25, -0.2) is 0 Å². The van der Waals surface area contributed by atoms with Gasteiger partial charge in [0.05, 0.1) is 5.69 Å². The highest BCUT2D eigenvalue weighted by atomic mass is 35.5. The van der Waals surface area contributed by atoms with Crippen LogP contribution in [0.3, 0.4) is 0 Å². The maximum Gasteiger partial charge on any atom is 0.263 e. The van der Waals surface area contributed by atoms with E-state index in [4.69, 9.17) is 21.1 Å². The maximum atomic E-state index is 12.8. The molecule has 0 atom stereocenters. The van der Waals surface area contributed by atoms with Gasteiger partial charge in [-0.2, -0.15) is 0 Å². The molecule has 0 radical (unpaired) electrons. The molecule has 0 fully saturated rings. The summed E-state index contributed by atoms with van der Waals surface area (Å²) < 4.78 is 11.5. The van der Waals surface area contributed by atoms with Crippen molar-refractivity contribution in [3.05, 3.63) is 81.7 Å². The van der Waals surface area contributed by atoms with Crippen LogP contribution in [-0.4, -0.2) is 5.91 Å². The van der Waals surface area contributed by atoms with E-state index in [1.165, 1.54) is 12.1 Å². The zero-order valence-corrected chi connectivity index (χ0v) is 14.4. The number of hydrogen-bond acceptors (Lipinski definition) is 5. The average Bonchev–Trinajstić information content (AvgIpc) is 2.77. The second-order valence-electron chi connectivity index (χ2n) is 5.75. The van der Waals surface area contributed by atoms with E-state index in [0.717, 1.165) is 0 Å². The number of nitrogens with one attached hydrogen (secondary N) is 2. The summed E-state index contributed by atoms with van der Waals surface area (Å²) in [6.45, 7) is 0. The summed E-state index contributed by atoms with van der Waals surface area (Å²) in [5.74, 6) is 0.302. The first-order chi connectivity index (χ1) is 13.0. The van der Waals surface area contributed by atoms with Crippen LogP contribution < -0.4 is 20.0 Å². The van der Waals surface area contributed by atoms with Gasteiger partial charge in [0.2, 0.25) is 0 Å². The minimum absolute atomic E-state index is 0.0132. The lowest BCUT2D eigenvalue weighted by Gasteiger charge is -2.26. The number of rotatable bonds is 3. The summed E-state index contributed by atoms with van der Waals surface area (Å²) in [6, 6.07) is 15.8. The Hall–Kier alpha value is -3.10. The minimum atomic E-state index is -1.42. The van der Waals surface area contributed by atoms with E-state index in [0.29, 0.717) is 22.2 Å². The number of carbonyl (C=O) groups excluding carboxylic acids is 1. The van der Waals surface area contributed by atoms with Crippen LogP contribution in [0.1, 0.15) is 10.4 Å². The molecule has 1 aliphatic rings. The molecule has 27 heavy (non-hydrogen) atoms. The van der Waals surface area contributed by atoms with Crippen LogP contribution in [0.25, 0.3) is 0 Å². The van der Waals surface area contributed by atoms with E-state index in [1.807, 2.05) is 0 Å². The van der Waals surface area contributed by atoms with Crippen LogP contribution in [-0.2, 0) is 0 Å². The number of benzene rings is 3. The molecule has 136 valence electrons. The fraction of sp³-hybridized carbons (Fsp3) is 0. The Balaban J connectivity index is 1.86. The van der Waals surface area contributed by atoms with Gasteiger partial charge in [-0.3, -0.25) is 4.79 Å². The molecule has 0 saturated heterocycles. The number of fused-ring (bicyclic) bond motifs is 2. The van der Waals surface area contributed by atoms with Crippen molar-refractivity contribution in [2.45, 2.75) is 0 Å². The molecule has 0 aliphatic carbocycles. The quantitative estimate of drug-likeness (QED) is 0.666. The lowest BCUT2D eigenvalue weighted by Crippen LogP contribution is -2.96. The van der Waals surface area contributed by atoms with Crippen molar-refractivity contribution in [3.8, 4) is 23.0 Å². The van der Waals surface area contributed by atoms with Crippen LogP contribution in [0.2, 0.25) is 5.02 Å². The predicted octanol–water partition coefficient (Wildman–Crippen LogP) is 4.00. The molecule has 0 aromatic heterocycles. The molecule has 0 saturated carbocycles. The first-order valence-corrected chi connectivity index (χ1v) is 8.30. The molecule has 2 N–H and O–H groups in total. The van der Waals surface area contributed by atoms with E-state index in [1.54, 1.807) is 48.5 Å². The molecule has 0 spiro atoms. The number of quaternary nitrogens is 1. The van der Waals surface area contributed by atoms with E-state index < -0.39 is 11.1 Å². The molecule has 7 nitrogen and oxygen atoms in total. The van der Waals surface area contributed by atoms with Crippen LogP contribution in [0, 0.1) is 10.4 Å². The fourth-order valence-electron chi connectivity index (χ4n) is 2.71. The monoisotopic (exact) mass is 383 g/mol. The molecule has 4 rings (SSSR count). The van der Waals surface area contributed by atoms with Crippen LogP contribution in [0.4, 0.5) is 11.4 Å². The first-order valence-electron chi connectivity index (χ1n) is 7.92. The highest BCUT2D eigenvalue weighted by Gasteiger charge is 2.27. The van der Waals surface area contributed by atoms with E-state index in [2.05, 4.69) is 5.32 Å². The highest BCUT2D eigenvalue weighted by Crippen LogP contribution is 2.42. The summed E-state index contributed by atoms with van der Waals surface area (Å²) in [5, 5.41) is 24.6. The Bertz CT molecular complexity index is 1040. The Morgan fingerprint density at radius 2 is 1.81 bits per heavy atom. The van der Waals surface area contributed by atoms with Crippen molar-refractivity contribution in [1.29, 1.82) is 0 Å². The van der Waals surface area contributed by atoms with Gasteiger partial charge in [0.1, 0.15) is 28.5 Å². The van der Waals surface area contributed by atoms with Gasteiger partial charge in [-0.1, -0.05) is 29.8 Å². The van der Waals surface area contributed by atoms with Crippen LogP contribution in [0.15, 0.2) is 60.7 Å².